The fourth-order valence-electron chi connectivity index (χ4n) is 2.73. The standard InChI is InChI=1S/C21H23NO4/c1-15-4-6-16(7-5-15)14-22(2)20(23)9-8-17-12-18(24-3)21-19(13-17)25-10-11-26-21/h4-9,12-13H,10-11,14H2,1-3H3/b9-8+. The summed E-state index contributed by atoms with van der Waals surface area (Å²) in [5.41, 5.74) is 3.12. The number of carbonyl (C=O) groups is 1. The van der Waals surface area contributed by atoms with Crippen LogP contribution in [0, 0.1) is 6.92 Å². The highest BCUT2D eigenvalue weighted by Crippen LogP contribution is 2.40. The van der Waals surface area contributed by atoms with Gasteiger partial charge in [0.05, 0.1) is 7.11 Å². The number of rotatable bonds is 5. The van der Waals surface area contributed by atoms with E-state index in [9.17, 15) is 4.79 Å². The van der Waals surface area contributed by atoms with E-state index in [4.69, 9.17) is 14.2 Å². The number of hydrogen-bond acceptors (Lipinski definition) is 4. The highest BCUT2D eigenvalue weighted by atomic mass is 16.6. The first kappa shape index (κ1) is 17.9. The number of likely N-dealkylation sites (N-methyl/N-ethyl adjacent to an activating group) is 1. The van der Waals surface area contributed by atoms with Gasteiger partial charge in [0.2, 0.25) is 11.7 Å². The number of carbonyl (C=O) groups excluding carboxylic acids is 1. The third-order valence-electron chi connectivity index (χ3n) is 4.19. The lowest BCUT2D eigenvalue weighted by Crippen LogP contribution is -2.24. The van der Waals surface area contributed by atoms with E-state index >= 15 is 0 Å². The van der Waals surface area contributed by atoms with Crippen molar-refractivity contribution in [3.05, 3.63) is 59.2 Å². The molecule has 1 heterocycles. The maximum atomic E-state index is 12.4. The molecule has 3 rings (SSSR count). The minimum atomic E-state index is -0.0700. The summed E-state index contributed by atoms with van der Waals surface area (Å²) in [6, 6.07) is 11.8. The molecule has 1 amide bonds. The van der Waals surface area contributed by atoms with Gasteiger partial charge in [0, 0.05) is 19.7 Å². The Bertz CT molecular complexity index is 794. The number of benzene rings is 2. The van der Waals surface area contributed by atoms with Gasteiger partial charge in [-0.1, -0.05) is 29.8 Å². The van der Waals surface area contributed by atoms with Gasteiger partial charge in [-0.25, -0.2) is 0 Å². The molecule has 0 bridgehead atoms. The Hall–Kier alpha value is -2.95. The Labute approximate surface area is 153 Å². The van der Waals surface area contributed by atoms with Gasteiger partial charge in [-0.05, 0) is 36.3 Å². The van der Waals surface area contributed by atoms with Crippen LogP contribution in [-0.2, 0) is 11.3 Å². The average Bonchev–Trinajstić information content (AvgIpc) is 2.67. The quantitative estimate of drug-likeness (QED) is 0.773. The molecule has 0 aliphatic carbocycles. The number of ether oxygens (including phenoxy) is 3. The van der Waals surface area contributed by atoms with Crippen LogP contribution in [0.4, 0.5) is 0 Å². The normalized spacial score (nSPS) is 12.9. The molecule has 1 aliphatic heterocycles. The molecule has 2 aromatic carbocycles. The predicted octanol–water partition coefficient (Wildman–Crippen LogP) is 3.45. The van der Waals surface area contributed by atoms with Crippen molar-refractivity contribution in [1.29, 1.82) is 0 Å². The van der Waals surface area contributed by atoms with E-state index in [-0.39, 0.29) is 5.91 Å². The van der Waals surface area contributed by atoms with Crippen molar-refractivity contribution in [1.82, 2.24) is 4.90 Å². The van der Waals surface area contributed by atoms with E-state index in [1.165, 1.54) is 5.56 Å². The van der Waals surface area contributed by atoms with Crippen LogP contribution in [0.1, 0.15) is 16.7 Å². The van der Waals surface area contributed by atoms with E-state index in [1.54, 1.807) is 31.2 Å². The molecule has 0 unspecified atom stereocenters. The molecule has 136 valence electrons. The van der Waals surface area contributed by atoms with Crippen LogP contribution in [-0.4, -0.2) is 38.2 Å². The van der Waals surface area contributed by atoms with Crippen LogP contribution in [0.5, 0.6) is 17.2 Å². The molecule has 0 N–H and O–H groups in total. The molecular weight excluding hydrogens is 330 g/mol. The smallest absolute Gasteiger partial charge is 0.246 e. The third-order valence-corrected chi connectivity index (χ3v) is 4.19. The van der Waals surface area contributed by atoms with Crippen LogP contribution in [0.25, 0.3) is 6.08 Å². The maximum absolute atomic E-state index is 12.4. The zero-order valence-electron chi connectivity index (χ0n) is 15.3. The molecule has 0 spiro atoms. The monoisotopic (exact) mass is 353 g/mol. The van der Waals surface area contributed by atoms with Crippen molar-refractivity contribution in [2.45, 2.75) is 13.5 Å². The molecule has 0 aromatic heterocycles. The van der Waals surface area contributed by atoms with E-state index in [1.807, 2.05) is 43.3 Å². The summed E-state index contributed by atoms with van der Waals surface area (Å²) in [6.07, 6.45) is 3.31. The maximum Gasteiger partial charge on any atom is 0.246 e. The first-order chi connectivity index (χ1) is 12.6. The van der Waals surface area contributed by atoms with Crippen LogP contribution in [0.2, 0.25) is 0 Å². The van der Waals surface area contributed by atoms with Crippen molar-refractivity contribution >= 4 is 12.0 Å². The molecule has 0 radical (unpaired) electrons. The molecule has 0 fully saturated rings. The Morgan fingerprint density at radius 2 is 1.92 bits per heavy atom. The number of amides is 1. The Balaban J connectivity index is 1.70. The molecule has 26 heavy (non-hydrogen) atoms. The first-order valence-electron chi connectivity index (χ1n) is 8.53. The van der Waals surface area contributed by atoms with Crippen LogP contribution >= 0.6 is 0 Å². The summed E-state index contributed by atoms with van der Waals surface area (Å²) >= 11 is 0. The Morgan fingerprint density at radius 3 is 2.65 bits per heavy atom. The second kappa shape index (κ2) is 7.95. The average molecular weight is 353 g/mol. The van der Waals surface area contributed by atoms with Crippen molar-refractivity contribution in [3.8, 4) is 17.2 Å². The van der Waals surface area contributed by atoms with E-state index in [2.05, 4.69) is 0 Å². The van der Waals surface area contributed by atoms with Gasteiger partial charge in [0.25, 0.3) is 0 Å². The van der Waals surface area contributed by atoms with E-state index in [0.29, 0.717) is 37.0 Å². The second-order valence-electron chi connectivity index (χ2n) is 6.26. The number of aryl methyl sites for hydroxylation is 1. The molecule has 1 aliphatic rings. The van der Waals surface area contributed by atoms with Crippen molar-refractivity contribution in [2.24, 2.45) is 0 Å². The fourth-order valence-corrected chi connectivity index (χ4v) is 2.73. The summed E-state index contributed by atoms with van der Waals surface area (Å²) in [5, 5.41) is 0. The largest absolute Gasteiger partial charge is 0.493 e. The van der Waals surface area contributed by atoms with Crippen LogP contribution in [0.15, 0.2) is 42.5 Å². The molecule has 0 saturated heterocycles. The highest BCUT2D eigenvalue weighted by Gasteiger charge is 2.18. The molecule has 5 nitrogen and oxygen atoms in total. The van der Waals surface area contributed by atoms with Gasteiger partial charge in [-0.15, -0.1) is 0 Å². The summed E-state index contributed by atoms with van der Waals surface area (Å²) < 4.78 is 16.6. The molecule has 2 aromatic rings. The van der Waals surface area contributed by atoms with Gasteiger partial charge in [-0.3, -0.25) is 4.79 Å². The zero-order chi connectivity index (χ0) is 18.5. The zero-order valence-corrected chi connectivity index (χ0v) is 15.3. The molecule has 0 atom stereocenters. The summed E-state index contributed by atoms with van der Waals surface area (Å²) in [6.45, 7) is 3.61. The number of hydrogen-bond donors (Lipinski definition) is 0. The highest BCUT2D eigenvalue weighted by molar-refractivity contribution is 5.91. The second-order valence-corrected chi connectivity index (χ2v) is 6.26. The summed E-state index contributed by atoms with van der Waals surface area (Å²) in [5.74, 6) is 1.77. The third kappa shape index (κ3) is 4.17. The minimum absolute atomic E-state index is 0.0700. The van der Waals surface area contributed by atoms with Gasteiger partial charge in [0.1, 0.15) is 13.2 Å². The lowest BCUT2D eigenvalue weighted by molar-refractivity contribution is -0.125. The van der Waals surface area contributed by atoms with Gasteiger partial charge < -0.3 is 19.1 Å². The fraction of sp³-hybridized carbons (Fsp3) is 0.286. The van der Waals surface area contributed by atoms with Gasteiger partial charge >= 0.3 is 0 Å². The number of nitrogens with zero attached hydrogens (tertiary/aromatic N) is 1. The Kier molecular flexibility index (Phi) is 5.46. The number of fused-ring (bicyclic) bond motifs is 1. The predicted molar refractivity (Wildman–Crippen MR) is 101 cm³/mol. The molecular formula is C21H23NO4. The van der Waals surface area contributed by atoms with E-state index in [0.717, 1.165) is 11.1 Å². The van der Waals surface area contributed by atoms with Gasteiger partial charge in [0.15, 0.2) is 11.5 Å². The van der Waals surface area contributed by atoms with Crippen molar-refractivity contribution < 1.29 is 19.0 Å². The summed E-state index contributed by atoms with van der Waals surface area (Å²) in [7, 11) is 3.37. The van der Waals surface area contributed by atoms with Crippen molar-refractivity contribution in [2.75, 3.05) is 27.4 Å². The topological polar surface area (TPSA) is 48.0 Å². The first-order valence-corrected chi connectivity index (χ1v) is 8.53. The lowest BCUT2D eigenvalue weighted by atomic mass is 10.1. The Morgan fingerprint density at radius 1 is 1.19 bits per heavy atom. The number of methoxy groups -OCH3 is 1. The lowest BCUT2D eigenvalue weighted by Gasteiger charge is -2.21. The molecule has 5 heteroatoms. The summed E-state index contributed by atoms with van der Waals surface area (Å²) in [4.78, 5) is 14.1. The van der Waals surface area contributed by atoms with Crippen LogP contribution in [0.3, 0.4) is 0 Å². The molecule has 0 saturated carbocycles. The minimum Gasteiger partial charge on any atom is -0.493 e. The van der Waals surface area contributed by atoms with Crippen molar-refractivity contribution in [3.63, 3.8) is 0 Å². The SMILES string of the molecule is COc1cc(/C=C/C(=O)N(C)Cc2ccc(C)cc2)cc2c1OCCO2. The van der Waals surface area contributed by atoms with Gasteiger partial charge in [-0.2, -0.15) is 0 Å². The van der Waals surface area contributed by atoms with Crippen LogP contribution < -0.4 is 14.2 Å². The van der Waals surface area contributed by atoms with E-state index < -0.39 is 0 Å².